The summed E-state index contributed by atoms with van der Waals surface area (Å²) < 4.78 is 26.2. The van der Waals surface area contributed by atoms with E-state index in [2.05, 4.69) is 50.7 Å². The van der Waals surface area contributed by atoms with Crippen LogP contribution in [0.15, 0.2) is 89.9 Å². The molecule has 2 amide bonds. The van der Waals surface area contributed by atoms with Gasteiger partial charge in [-0.1, -0.05) is 0 Å². The Morgan fingerprint density at radius 3 is 1.48 bits per heavy atom. The van der Waals surface area contributed by atoms with Gasteiger partial charge in [0, 0.05) is 55.6 Å². The molecule has 0 aliphatic heterocycles. The van der Waals surface area contributed by atoms with Crippen LogP contribution in [0.5, 0.6) is 23.0 Å². The first-order valence-corrected chi connectivity index (χ1v) is 19.7. The molecule has 4 aromatic carbocycles. The van der Waals surface area contributed by atoms with Crippen LogP contribution < -0.4 is 35.3 Å². The average molecular weight is 813 g/mol. The highest BCUT2D eigenvalue weighted by Crippen LogP contribution is 2.37. The minimum Gasteiger partial charge on any atom is -0.497 e. The summed E-state index contributed by atoms with van der Waals surface area (Å²) in [4.78, 5) is 23.7. The standard InChI is InChI=1S/C23H26N4O3.C20H21N3O2.C3H5NO/c1-4-25-23(28)26-12-13-30-17-8-6-16(7-9-17)22-20(15-24)19-11-10-18(29-3)14-21(19)27(22)5-2;1-3-23-19-12-16(24-2)8-9-17(19)18(13-22)20(23)14-4-6-15(7-5-14)25-11-10-21;1-2-4-3-5/h6-11,14H,4-5,12-13H2,1-3H3,(H2,25,26,28);4-9,12H,3,10-11,21H2,1-2H3;2H2,1H3. The summed E-state index contributed by atoms with van der Waals surface area (Å²) in [5.41, 5.74) is 12.5. The molecule has 2 aromatic heterocycles. The Kier molecular flexibility index (Phi) is 17.6. The normalized spacial score (nSPS) is 10.2. The zero-order valence-electron chi connectivity index (χ0n) is 35.0. The zero-order chi connectivity index (χ0) is 43.4. The van der Waals surface area contributed by atoms with Crippen LogP contribution in [-0.2, 0) is 17.9 Å². The van der Waals surface area contributed by atoms with E-state index in [4.69, 9.17) is 29.5 Å². The van der Waals surface area contributed by atoms with E-state index in [9.17, 15) is 15.3 Å². The molecular weight excluding hydrogens is 761 g/mol. The highest BCUT2D eigenvalue weighted by molar-refractivity contribution is 5.96. The first-order valence-electron chi connectivity index (χ1n) is 19.7. The summed E-state index contributed by atoms with van der Waals surface area (Å²) in [6.07, 6.45) is 1.39. The van der Waals surface area contributed by atoms with Crippen LogP contribution in [0.25, 0.3) is 44.3 Å². The number of aromatic nitrogens is 2. The summed E-state index contributed by atoms with van der Waals surface area (Å²) in [5, 5.41) is 26.8. The van der Waals surface area contributed by atoms with Gasteiger partial charge in [-0.3, -0.25) is 0 Å². The highest BCUT2D eigenvalue weighted by atomic mass is 16.5. The van der Waals surface area contributed by atoms with E-state index in [1.54, 1.807) is 21.1 Å². The molecule has 0 saturated heterocycles. The number of urea groups is 1. The van der Waals surface area contributed by atoms with Gasteiger partial charge in [0.25, 0.3) is 0 Å². The topological polar surface area (TPSA) is 191 Å². The molecule has 0 unspecified atom stereocenters. The number of amides is 2. The molecule has 4 N–H and O–H groups in total. The SMILES string of the molecule is CCN=C=O.CCNC(=O)NCCOc1ccc(-c2c(C#N)c3ccc(OC)cc3n2CC)cc1.CCn1c(-c2ccc(OCCN)cc2)c(C#N)c2ccc(OC)cc21. The van der Waals surface area contributed by atoms with Gasteiger partial charge in [0.2, 0.25) is 6.08 Å². The van der Waals surface area contributed by atoms with E-state index in [1.165, 1.54) is 6.08 Å². The fraction of sp³-hybridized carbons (Fsp3) is 0.304. The van der Waals surface area contributed by atoms with Crippen molar-refractivity contribution in [3.63, 3.8) is 0 Å². The third-order valence-electron chi connectivity index (χ3n) is 9.26. The Bertz CT molecular complexity index is 2470. The van der Waals surface area contributed by atoms with Crippen LogP contribution in [0.1, 0.15) is 38.8 Å². The number of carbonyl (C=O) groups is 1. The molecule has 0 saturated carbocycles. The lowest BCUT2D eigenvalue weighted by atomic mass is 10.1. The molecule has 0 atom stereocenters. The molecule has 6 rings (SSSR count). The highest BCUT2D eigenvalue weighted by Gasteiger charge is 2.20. The van der Waals surface area contributed by atoms with Crippen LogP contribution in [0, 0.1) is 22.7 Å². The van der Waals surface area contributed by atoms with Gasteiger partial charge in [-0.15, -0.1) is 0 Å². The summed E-state index contributed by atoms with van der Waals surface area (Å²) in [5.74, 6) is 3.02. The minimum atomic E-state index is -0.204. The Morgan fingerprint density at radius 2 is 1.13 bits per heavy atom. The van der Waals surface area contributed by atoms with Crippen LogP contribution in [0.2, 0.25) is 0 Å². The van der Waals surface area contributed by atoms with Gasteiger partial charge in [-0.25, -0.2) is 14.6 Å². The second kappa shape index (κ2) is 23.2. The Hall–Kier alpha value is -7.25. The van der Waals surface area contributed by atoms with Crippen molar-refractivity contribution in [3.8, 4) is 57.7 Å². The van der Waals surface area contributed by atoms with Crippen molar-refractivity contribution < 1.29 is 28.5 Å². The fourth-order valence-electron chi connectivity index (χ4n) is 6.61. The number of hydrogen-bond acceptors (Lipinski definition) is 10. The van der Waals surface area contributed by atoms with E-state index in [1.807, 2.05) is 91.9 Å². The van der Waals surface area contributed by atoms with E-state index in [0.717, 1.165) is 74.7 Å². The number of nitrogens with two attached hydrogens (primary N) is 1. The molecule has 2 heterocycles. The number of isocyanates is 1. The summed E-state index contributed by atoms with van der Waals surface area (Å²) >= 11 is 0. The van der Waals surface area contributed by atoms with Gasteiger partial charge in [-0.2, -0.15) is 10.5 Å². The smallest absolute Gasteiger partial charge is 0.314 e. The number of methoxy groups -OCH3 is 2. The Labute approximate surface area is 350 Å². The monoisotopic (exact) mass is 812 g/mol. The maximum Gasteiger partial charge on any atom is 0.314 e. The van der Waals surface area contributed by atoms with Crippen LogP contribution >= 0.6 is 0 Å². The fourth-order valence-corrected chi connectivity index (χ4v) is 6.61. The van der Waals surface area contributed by atoms with Gasteiger partial charge in [-0.05, 0) is 112 Å². The maximum absolute atomic E-state index is 11.4. The van der Waals surface area contributed by atoms with E-state index in [-0.39, 0.29) is 6.03 Å². The van der Waals surface area contributed by atoms with E-state index in [0.29, 0.717) is 56.3 Å². The summed E-state index contributed by atoms with van der Waals surface area (Å²) in [6.45, 7) is 12.1. The molecule has 0 spiro atoms. The van der Waals surface area contributed by atoms with Gasteiger partial charge in [0.1, 0.15) is 48.4 Å². The van der Waals surface area contributed by atoms with Gasteiger partial charge in [0.05, 0.1) is 54.3 Å². The molecule has 0 bridgehead atoms. The number of hydrogen-bond donors (Lipinski definition) is 3. The van der Waals surface area contributed by atoms with Crippen molar-refractivity contribution in [1.82, 2.24) is 19.8 Å². The third-order valence-corrected chi connectivity index (χ3v) is 9.26. The van der Waals surface area contributed by atoms with Gasteiger partial charge in [0.15, 0.2) is 0 Å². The van der Waals surface area contributed by atoms with Gasteiger partial charge < -0.3 is 44.4 Å². The molecular formula is C46H52N8O6. The lowest BCUT2D eigenvalue weighted by Crippen LogP contribution is -2.37. The second-order valence-corrected chi connectivity index (χ2v) is 12.8. The molecule has 14 nitrogen and oxygen atoms in total. The molecule has 14 heteroatoms. The Balaban J connectivity index is 0.000000241. The minimum absolute atomic E-state index is 0.204. The van der Waals surface area contributed by atoms with Gasteiger partial charge >= 0.3 is 6.03 Å². The van der Waals surface area contributed by atoms with Crippen molar-refractivity contribution in [2.24, 2.45) is 10.7 Å². The molecule has 0 aliphatic rings. The van der Waals surface area contributed by atoms with E-state index >= 15 is 0 Å². The van der Waals surface area contributed by atoms with E-state index < -0.39 is 0 Å². The number of benzene rings is 4. The lowest BCUT2D eigenvalue weighted by molar-refractivity contribution is 0.237. The number of nitrogens with one attached hydrogen (secondary N) is 2. The third kappa shape index (κ3) is 11.0. The average Bonchev–Trinajstić information content (AvgIpc) is 3.79. The lowest BCUT2D eigenvalue weighted by Gasteiger charge is -2.11. The largest absolute Gasteiger partial charge is 0.497 e. The molecule has 0 fully saturated rings. The molecule has 0 aliphatic carbocycles. The first-order chi connectivity index (χ1) is 29.3. The quantitative estimate of drug-likeness (QED) is 0.0528. The molecule has 312 valence electrons. The number of fused-ring (bicyclic) bond motifs is 2. The molecule has 0 radical (unpaired) electrons. The number of rotatable bonds is 15. The predicted octanol–water partition coefficient (Wildman–Crippen LogP) is 7.79. The van der Waals surface area contributed by atoms with Crippen molar-refractivity contribution in [2.75, 3.05) is 53.6 Å². The number of aryl methyl sites for hydroxylation is 2. The van der Waals surface area contributed by atoms with Crippen molar-refractivity contribution in [1.29, 1.82) is 10.5 Å². The van der Waals surface area contributed by atoms with Crippen molar-refractivity contribution >= 4 is 33.9 Å². The van der Waals surface area contributed by atoms with Crippen LogP contribution in [-0.4, -0.2) is 74.9 Å². The number of carbonyl (C=O) groups excluding carboxylic acids is 2. The van der Waals surface area contributed by atoms with Crippen molar-refractivity contribution in [2.45, 2.75) is 40.8 Å². The predicted molar refractivity (Wildman–Crippen MR) is 234 cm³/mol. The number of nitrogens with zero attached hydrogens (tertiary/aromatic N) is 5. The summed E-state index contributed by atoms with van der Waals surface area (Å²) in [6, 6.07) is 31.5. The van der Waals surface area contributed by atoms with Crippen molar-refractivity contribution in [3.05, 3.63) is 96.1 Å². The first kappa shape index (κ1) is 45.5. The maximum atomic E-state index is 11.4. The Morgan fingerprint density at radius 1 is 0.683 bits per heavy atom. The summed E-state index contributed by atoms with van der Waals surface area (Å²) in [7, 11) is 3.28. The molecule has 6 aromatic rings. The molecule has 60 heavy (non-hydrogen) atoms. The number of ether oxygens (including phenoxy) is 4. The number of nitriles is 2. The van der Waals surface area contributed by atoms with Crippen LogP contribution in [0.3, 0.4) is 0 Å². The second-order valence-electron chi connectivity index (χ2n) is 12.8. The van der Waals surface area contributed by atoms with Crippen LogP contribution in [0.4, 0.5) is 4.79 Å². The number of aliphatic imine (C=N–C) groups is 1. The zero-order valence-corrected chi connectivity index (χ0v) is 35.0.